The number of amides is 1. The molecule has 2 aromatic rings. The fourth-order valence-electron chi connectivity index (χ4n) is 3.08. The maximum atomic E-state index is 14.3. The minimum Gasteiger partial charge on any atom is -0.478 e. The first-order valence-corrected chi connectivity index (χ1v) is 10.4. The van der Waals surface area contributed by atoms with Crippen molar-refractivity contribution in [2.75, 3.05) is 5.32 Å². The third kappa shape index (κ3) is 4.71. The van der Waals surface area contributed by atoms with E-state index in [1.165, 1.54) is 24.3 Å². The van der Waals surface area contributed by atoms with Crippen LogP contribution in [0.15, 0.2) is 64.6 Å². The van der Waals surface area contributed by atoms with Crippen molar-refractivity contribution < 1.29 is 32.0 Å². The average molecular weight is 436 g/mol. The molecule has 0 radical (unpaired) electrons. The third-order valence-electron chi connectivity index (χ3n) is 4.64. The molecule has 7 nitrogen and oxygen atoms in total. The summed E-state index contributed by atoms with van der Waals surface area (Å²) in [6.45, 7) is -0.590. The SMILES string of the molecule is O=C(O)C1=C(C(=O)Nc2ccc(S(=O)(=O)N(F)Cc3ccc(F)cc3)cc2)CCC1. The summed E-state index contributed by atoms with van der Waals surface area (Å²) in [5.41, 5.74) is 0.770. The average Bonchev–Trinajstić information content (AvgIpc) is 3.20. The molecule has 2 N–H and O–H groups in total. The summed E-state index contributed by atoms with van der Waals surface area (Å²) < 4.78 is 51.6. The number of carboxylic acids is 1. The lowest BCUT2D eigenvalue weighted by molar-refractivity contribution is -0.133. The number of anilines is 1. The van der Waals surface area contributed by atoms with Crippen LogP contribution in [-0.2, 0) is 26.2 Å². The first-order chi connectivity index (χ1) is 14.2. The number of hydrogen-bond donors (Lipinski definition) is 2. The molecule has 0 unspecified atom stereocenters. The third-order valence-corrected chi connectivity index (χ3v) is 6.16. The molecule has 0 fully saturated rings. The molecule has 2 aromatic carbocycles. The van der Waals surface area contributed by atoms with Crippen LogP contribution in [0.1, 0.15) is 24.8 Å². The van der Waals surface area contributed by atoms with Crippen molar-refractivity contribution in [1.29, 1.82) is 0 Å². The zero-order chi connectivity index (χ0) is 21.9. The first kappa shape index (κ1) is 21.6. The standard InChI is InChI=1S/C20H18F2N2O5S/c21-14-6-4-13(5-7-14)12-24(22)30(28,29)16-10-8-15(9-11-16)23-19(25)17-2-1-3-18(17)20(26)27/h4-11H,1-3,12H2,(H,23,25)(H,26,27). The van der Waals surface area contributed by atoms with Crippen LogP contribution in [-0.4, -0.2) is 29.9 Å². The van der Waals surface area contributed by atoms with Crippen LogP contribution in [0.5, 0.6) is 0 Å². The molecule has 1 amide bonds. The number of rotatable bonds is 7. The van der Waals surface area contributed by atoms with Gasteiger partial charge in [-0.1, -0.05) is 12.1 Å². The number of nitrogens with zero attached hydrogens (tertiary/aromatic N) is 1. The molecule has 0 saturated carbocycles. The number of hydrogen-bond acceptors (Lipinski definition) is 4. The predicted octanol–water partition coefficient (Wildman–Crippen LogP) is 3.40. The van der Waals surface area contributed by atoms with Gasteiger partial charge in [-0.3, -0.25) is 4.79 Å². The zero-order valence-corrected chi connectivity index (χ0v) is 16.5. The Bertz CT molecular complexity index is 1100. The molecule has 0 aromatic heterocycles. The second-order valence-electron chi connectivity index (χ2n) is 6.67. The molecule has 158 valence electrons. The van der Waals surface area contributed by atoms with Gasteiger partial charge in [0.05, 0.1) is 11.4 Å². The number of aliphatic carboxylic acids is 1. The molecule has 1 aliphatic rings. The second kappa shape index (κ2) is 8.72. The smallest absolute Gasteiger partial charge is 0.332 e. The van der Waals surface area contributed by atoms with Gasteiger partial charge in [0.15, 0.2) is 0 Å². The summed E-state index contributed by atoms with van der Waals surface area (Å²) >= 11 is 0. The molecule has 30 heavy (non-hydrogen) atoms. The number of carboxylic acid groups (broad SMARTS) is 1. The Balaban J connectivity index is 1.71. The van der Waals surface area contributed by atoms with E-state index in [0.717, 1.165) is 24.3 Å². The number of sulfonamides is 1. The molecule has 0 heterocycles. The topological polar surface area (TPSA) is 104 Å². The van der Waals surface area contributed by atoms with Crippen LogP contribution < -0.4 is 5.32 Å². The Labute approximate surface area is 171 Å². The van der Waals surface area contributed by atoms with E-state index in [4.69, 9.17) is 5.11 Å². The van der Waals surface area contributed by atoms with Crippen molar-refractivity contribution in [2.45, 2.75) is 30.7 Å². The van der Waals surface area contributed by atoms with Crippen LogP contribution in [0.3, 0.4) is 0 Å². The summed E-state index contributed by atoms with van der Waals surface area (Å²) in [7, 11) is -4.46. The summed E-state index contributed by atoms with van der Waals surface area (Å²) in [5, 5.41) is 11.7. The molecule has 0 spiro atoms. The quantitative estimate of drug-likeness (QED) is 0.648. The maximum absolute atomic E-state index is 14.3. The molecule has 1 aliphatic carbocycles. The van der Waals surface area contributed by atoms with Gasteiger partial charge in [-0.15, -0.1) is 4.48 Å². The van der Waals surface area contributed by atoms with E-state index in [0.29, 0.717) is 19.3 Å². The van der Waals surface area contributed by atoms with E-state index in [2.05, 4.69) is 5.32 Å². The van der Waals surface area contributed by atoms with Crippen molar-refractivity contribution in [1.82, 2.24) is 4.53 Å². The monoisotopic (exact) mass is 436 g/mol. The van der Waals surface area contributed by atoms with E-state index in [1.54, 1.807) is 0 Å². The molecule has 0 atom stereocenters. The van der Waals surface area contributed by atoms with Crippen molar-refractivity contribution in [3.05, 3.63) is 71.1 Å². The van der Waals surface area contributed by atoms with Gasteiger partial charge >= 0.3 is 5.97 Å². The van der Waals surface area contributed by atoms with E-state index >= 15 is 0 Å². The number of carbonyl (C=O) groups excluding carboxylic acids is 1. The molecule has 0 saturated heterocycles. The molecular weight excluding hydrogens is 418 g/mol. The number of carbonyl (C=O) groups is 2. The summed E-state index contributed by atoms with van der Waals surface area (Å²) in [6, 6.07) is 9.58. The van der Waals surface area contributed by atoms with Gasteiger partial charge < -0.3 is 10.4 Å². The van der Waals surface area contributed by atoms with Crippen molar-refractivity contribution in [3.63, 3.8) is 0 Å². The normalized spacial score (nSPS) is 14.2. The van der Waals surface area contributed by atoms with Gasteiger partial charge in [-0.05, 0) is 65.8 Å². The van der Waals surface area contributed by atoms with Crippen LogP contribution in [0.4, 0.5) is 14.6 Å². The van der Waals surface area contributed by atoms with Gasteiger partial charge in [0.1, 0.15) is 5.82 Å². The first-order valence-electron chi connectivity index (χ1n) is 8.98. The lowest BCUT2D eigenvalue weighted by atomic mass is 10.1. The van der Waals surface area contributed by atoms with Crippen LogP contribution >= 0.6 is 0 Å². The molecular formula is C20H18F2N2O5S. The summed E-state index contributed by atoms with van der Waals surface area (Å²) in [6.07, 6.45) is 1.23. The Hall–Kier alpha value is -3.11. The van der Waals surface area contributed by atoms with E-state index in [-0.39, 0.29) is 31.8 Å². The lowest BCUT2D eigenvalue weighted by Gasteiger charge is -2.13. The Morgan fingerprint density at radius 1 is 1.00 bits per heavy atom. The fourth-order valence-corrected chi connectivity index (χ4v) is 4.11. The van der Waals surface area contributed by atoms with Crippen LogP contribution in [0.2, 0.25) is 0 Å². The van der Waals surface area contributed by atoms with Gasteiger partial charge in [-0.2, -0.15) is 0 Å². The Morgan fingerprint density at radius 2 is 1.60 bits per heavy atom. The maximum Gasteiger partial charge on any atom is 0.332 e. The Morgan fingerprint density at radius 3 is 2.20 bits per heavy atom. The summed E-state index contributed by atoms with van der Waals surface area (Å²) in [4.78, 5) is 23.1. The highest BCUT2D eigenvalue weighted by Gasteiger charge is 2.27. The minimum absolute atomic E-state index is 0.0700. The van der Waals surface area contributed by atoms with Gasteiger partial charge in [0.25, 0.3) is 15.9 Å². The lowest BCUT2D eigenvalue weighted by Crippen LogP contribution is -2.23. The van der Waals surface area contributed by atoms with E-state index < -0.39 is 34.3 Å². The second-order valence-corrected chi connectivity index (χ2v) is 8.49. The van der Waals surface area contributed by atoms with Crippen molar-refractivity contribution in [2.24, 2.45) is 0 Å². The van der Waals surface area contributed by atoms with Gasteiger partial charge in [0.2, 0.25) is 0 Å². The van der Waals surface area contributed by atoms with E-state index in [1.807, 2.05) is 0 Å². The van der Waals surface area contributed by atoms with E-state index in [9.17, 15) is 26.9 Å². The summed E-state index contributed by atoms with van der Waals surface area (Å²) in [5.74, 6) is -2.22. The highest BCUT2D eigenvalue weighted by atomic mass is 32.2. The fraction of sp³-hybridized carbons (Fsp3) is 0.200. The molecule has 10 heteroatoms. The highest BCUT2D eigenvalue weighted by molar-refractivity contribution is 7.89. The minimum atomic E-state index is -4.46. The van der Waals surface area contributed by atoms with Gasteiger partial charge in [0, 0.05) is 16.8 Å². The van der Waals surface area contributed by atoms with Crippen molar-refractivity contribution in [3.8, 4) is 0 Å². The molecule has 3 rings (SSSR count). The Kier molecular flexibility index (Phi) is 6.28. The number of halogens is 2. The number of benzene rings is 2. The number of nitrogens with one attached hydrogen (secondary N) is 1. The molecule has 0 bridgehead atoms. The largest absolute Gasteiger partial charge is 0.478 e. The van der Waals surface area contributed by atoms with Gasteiger partial charge in [-0.25, -0.2) is 17.6 Å². The molecule has 0 aliphatic heterocycles. The van der Waals surface area contributed by atoms with Crippen LogP contribution in [0, 0.1) is 5.82 Å². The van der Waals surface area contributed by atoms with Crippen LogP contribution in [0.25, 0.3) is 0 Å². The zero-order valence-electron chi connectivity index (χ0n) is 15.6. The predicted molar refractivity (Wildman–Crippen MR) is 104 cm³/mol. The highest BCUT2D eigenvalue weighted by Crippen LogP contribution is 2.28. The van der Waals surface area contributed by atoms with Crippen molar-refractivity contribution >= 4 is 27.6 Å².